The first-order valence-corrected chi connectivity index (χ1v) is 8.65. The molecule has 2 saturated heterocycles. The fourth-order valence-electron chi connectivity index (χ4n) is 3.84. The average molecular weight is 369 g/mol. The Morgan fingerprint density at radius 3 is 2.38 bits per heavy atom. The highest BCUT2D eigenvalue weighted by atomic mass is 19.4. The molecule has 2 amide bonds. The molecule has 0 radical (unpaired) electrons. The number of amides is 2. The number of nitrogens with two attached hydrogens (primary N) is 1. The van der Waals surface area contributed by atoms with Gasteiger partial charge >= 0.3 is 6.18 Å². The zero-order valence-corrected chi connectivity index (χ0v) is 14.5. The monoisotopic (exact) mass is 369 g/mol. The van der Waals surface area contributed by atoms with Gasteiger partial charge in [0.05, 0.1) is 17.5 Å². The van der Waals surface area contributed by atoms with Crippen LogP contribution in [0.2, 0.25) is 0 Å². The van der Waals surface area contributed by atoms with Gasteiger partial charge in [-0.2, -0.15) is 13.2 Å². The van der Waals surface area contributed by atoms with Crippen molar-refractivity contribution in [3.05, 3.63) is 35.4 Å². The second-order valence-electron chi connectivity index (χ2n) is 7.05. The molecule has 0 bridgehead atoms. The number of halogens is 3. The number of hydrogen-bond donors (Lipinski definition) is 1. The normalized spacial score (nSPS) is 27.1. The molecule has 0 saturated carbocycles. The quantitative estimate of drug-likeness (QED) is 0.869. The minimum atomic E-state index is -4.42. The third-order valence-electron chi connectivity index (χ3n) is 5.29. The van der Waals surface area contributed by atoms with E-state index in [0.29, 0.717) is 25.1 Å². The molecular weight excluding hydrogens is 347 g/mol. The first-order chi connectivity index (χ1) is 12.2. The zero-order valence-electron chi connectivity index (χ0n) is 14.5. The van der Waals surface area contributed by atoms with Crippen LogP contribution in [0.25, 0.3) is 0 Å². The summed E-state index contributed by atoms with van der Waals surface area (Å²) in [4.78, 5) is 28.3. The molecule has 3 atom stereocenters. The van der Waals surface area contributed by atoms with Crippen molar-refractivity contribution in [3.63, 3.8) is 0 Å². The van der Waals surface area contributed by atoms with E-state index in [1.54, 1.807) is 11.9 Å². The van der Waals surface area contributed by atoms with Crippen molar-refractivity contribution in [3.8, 4) is 0 Å². The van der Waals surface area contributed by atoms with Gasteiger partial charge in [-0.05, 0) is 30.5 Å². The molecule has 0 aromatic heterocycles. The SMILES string of the molecule is CN1C(=O)CC[C@@H](C(=O)N2CC[C@H](N)C2)[C@@H]1c1ccc(C(F)(F)F)cc1. The Hall–Kier alpha value is -2.09. The lowest BCUT2D eigenvalue weighted by Crippen LogP contribution is -2.47. The zero-order chi connectivity index (χ0) is 19.1. The standard InChI is InChI=1S/C18H22F3N3O2/c1-23-15(25)7-6-14(17(26)24-9-8-13(22)10-24)16(23)11-2-4-12(5-3-11)18(19,20)21/h2-5,13-14,16H,6-10,22H2,1H3/t13-,14+,16-/m0/s1. The molecule has 2 N–H and O–H groups in total. The number of carbonyl (C=O) groups excluding carboxylic acids is 2. The predicted molar refractivity (Wildman–Crippen MR) is 88.9 cm³/mol. The Labute approximate surface area is 149 Å². The highest BCUT2D eigenvalue weighted by Gasteiger charge is 2.42. The minimum Gasteiger partial charge on any atom is -0.341 e. The van der Waals surface area contributed by atoms with E-state index in [9.17, 15) is 22.8 Å². The van der Waals surface area contributed by atoms with Crippen molar-refractivity contribution in [2.24, 2.45) is 11.7 Å². The van der Waals surface area contributed by atoms with Crippen molar-refractivity contribution in [2.45, 2.75) is 37.5 Å². The van der Waals surface area contributed by atoms with Gasteiger partial charge in [-0.15, -0.1) is 0 Å². The van der Waals surface area contributed by atoms with Crippen molar-refractivity contribution < 1.29 is 22.8 Å². The molecule has 1 aromatic carbocycles. The van der Waals surface area contributed by atoms with E-state index in [2.05, 4.69) is 0 Å². The Morgan fingerprint density at radius 1 is 1.19 bits per heavy atom. The molecule has 8 heteroatoms. The van der Waals surface area contributed by atoms with Gasteiger partial charge in [0, 0.05) is 32.6 Å². The summed E-state index contributed by atoms with van der Waals surface area (Å²) < 4.78 is 38.4. The van der Waals surface area contributed by atoms with Crippen molar-refractivity contribution >= 4 is 11.8 Å². The average Bonchev–Trinajstić information content (AvgIpc) is 3.02. The number of carbonyl (C=O) groups is 2. The topological polar surface area (TPSA) is 66.6 Å². The van der Waals surface area contributed by atoms with E-state index in [4.69, 9.17) is 5.73 Å². The second-order valence-corrected chi connectivity index (χ2v) is 7.05. The van der Waals surface area contributed by atoms with Crippen LogP contribution in [0.5, 0.6) is 0 Å². The summed E-state index contributed by atoms with van der Waals surface area (Å²) in [5.41, 5.74) is 5.67. The third-order valence-corrected chi connectivity index (χ3v) is 5.29. The maximum atomic E-state index is 13.0. The van der Waals surface area contributed by atoms with Gasteiger partial charge in [-0.1, -0.05) is 12.1 Å². The largest absolute Gasteiger partial charge is 0.416 e. The molecule has 2 fully saturated rings. The van der Waals surface area contributed by atoms with Gasteiger partial charge < -0.3 is 15.5 Å². The Morgan fingerprint density at radius 2 is 1.85 bits per heavy atom. The lowest BCUT2D eigenvalue weighted by Gasteiger charge is -2.40. The number of rotatable bonds is 2. The van der Waals surface area contributed by atoms with E-state index in [1.165, 1.54) is 17.0 Å². The van der Waals surface area contributed by atoms with Gasteiger partial charge in [0.2, 0.25) is 11.8 Å². The summed E-state index contributed by atoms with van der Waals surface area (Å²) in [6.07, 6.45) is -3.05. The summed E-state index contributed by atoms with van der Waals surface area (Å²) in [6, 6.07) is 4.09. The number of likely N-dealkylation sites (tertiary alicyclic amines) is 2. The predicted octanol–water partition coefficient (Wildman–Crippen LogP) is 2.17. The van der Waals surface area contributed by atoms with Crippen LogP contribution in [-0.4, -0.2) is 47.8 Å². The summed E-state index contributed by atoms with van der Waals surface area (Å²) in [6.45, 7) is 1.06. The Bertz CT molecular complexity index is 690. The van der Waals surface area contributed by atoms with Gasteiger partial charge in [-0.25, -0.2) is 0 Å². The van der Waals surface area contributed by atoms with E-state index >= 15 is 0 Å². The molecule has 0 aliphatic carbocycles. The van der Waals surface area contributed by atoms with E-state index < -0.39 is 23.7 Å². The number of benzene rings is 1. The third kappa shape index (κ3) is 3.56. The number of alkyl halides is 3. The fraction of sp³-hybridized carbons (Fsp3) is 0.556. The van der Waals surface area contributed by atoms with Crippen LogP contribution in [0.4, 0.5) is 13.2 Å². The smallest absolute Gasteiger partial charge is 0.341 e. The van der Waals surface area contributed by atoms with E-state index in [1.807, 2.05) is 0 Å². The molecule has 26 heavy (non-hydrogen) atoms. The van der Waals surface area contributed by atoms with Crippen LogP contribution in [0.15, 0.2) is 24.3 Å². The Kier molecular flexibility index (Phi) is 4.96. The molecule has 0 spiro atoms. The summed E-state index contributed by atoms with van der Waals surface area (Å²) >= 11 is 0. The van der Waals surface area contributed by atoms with Crippen molar-refractivity contribution in [2.75, 3.05) is 20.1 Å². The van der Waals surface area contributed by atoms with Crippen molar-refractivity contribution in [1.82, 2.24) is 9.80 Å². The number of piperidine rings is 1. The Balaban J connectivity index is 1.88. The lowest BCUT2D eigenvalue weighted by atomic mass is 9.83. The molecule has 2 aliphatic heterocycles. The first kappa shape index (κ1) is 18.7. The van der Waals surface area contributed by atoms with Gasteiger partial charge in [0.25, 0.3) is 0 Å². The van der Waals surface area contributed by atoms with Crippen LogP contribution in [0, 0.1) is 5.92 Å². The van der Waals surface area contributed by atoms with Crippen LogP contribution in [0.3, 0.4) is 0 Å². The van der Waals surface area contributed by atoms with Crippen molar-refractivity contribution in [1.29, 1.82) is 0 Å². The lowest BCUT2D eigenvalue weighted by molar-refractivity contribution is -0.146. The number of hydrogen-bond acceptors (Lipinski definition) is 3. The van der Waals surface area contributed by atoms with E-state index in [-0.39, 0.29) is 24.3 Å². The highest BCUT2D eigenvalue weighted by molar-refractivity contribution is 5.85. The molecule has 2 aliphatic rings. The van der Waals surface area contributed by atoms with Gasteiger partial charge in [-0.3, -0.25) is 9.59 Å². The highest BCUT2D eigenvalue weighted by Crippen LogP contribution is 2.38. The van der Waals surface area contributed by atoms with E-state index in [0.717, 1.165) is 18.6 Å². The minimum absolute atomic E-state index is 0.0496. The molecule has 5 nitrogen and oxygen atoms in total. The van der Waals surface area contributed by atoms with Crippen LogP contribution >= 0.6 is 0 Å². The van der Waals surface area contributed by atoms with Crippen LogP contribution in [0.1, 0.15) is 36.4 Å². The molecule has 2 heterocycles. The fourth-order valence-corrected chi connectivity index (χ4v) is 3.84. The molecular formula is C18H22F3N3O2. The van der Waals surface area contributed by atoms with Crippen LogP contribution < -0.4 is 5.73 Å². The molecule has 0 unspecified atom stereocenters. The van der Waals surface area contributed by atoms with Gasteiger partial charge in [0.15, 0.2) is 0 Å². The van der Waals surface area contributed by atoms with Gasteiger partial charge in [0.1, 0.15) is 0 Å². The maximum Gasteiger partial charge on any atom is 0.416 e. The first-order valence-electron chi connectivity index (χ1n) is 8.65. The summed E-state index contributed by atoms with van der Waals surface area (Å²) in [5, 5.41) is 0. The maximum absolute atomic E-state index is 13.0. The van der Waals surface area contributed by atoms with Crippen LogP contribution in [-0.2, 0) is 15.8 Å². The summed E-state index contributed by atoms with van der Waals surface area (Å²) in [7, 11) is 1.60. The molecule has 142 valence electrons. The second kappa shape index (κ2) is 6.90. The molecule has 1 aromatic rings. The number of nitrogens with zero attached hydrogens (tertiary/aromatic N) is 2. The summed E-state index contributed by atoms with van der Waals surface area (Å²) in [5.74, 6) is -0.668. The molecule has 3 rings (SSSR count).